The van der Waals surface area contributed by atoms with Crippen LogP contribution in [-0.4, -0.2) is 24.7 Å². The number of nitrogens with two attached hydrogens (primary N) is 1. The van der Waals surface area contributed by atoms with Crippen molar-refractivity contribution in [2.45, 2.75) is 12.8 Å². The number of carboxylic acids is 1. The Morgan fingerprint density at radius 3 is 2.81 bits per heavy atom. The molecule has 0 aliphatic heterocycles. The first kappa shape index (κ1) is 10.8. The van der Waals surface area contributed by atoms with Gasteiger partial charge in [0.15, 0.2) is 0 Å². The van der Waals surface area contributed by atoms with Crippen LogP contribution in [0.25, 0.3) is 0 Å². The van der Waals surface area contributed by atoms with E-state index < -0.39 is 5.97 Å². The standard InChI is InChI=1S/C12H16N2O2/c1-14(7-8-2-3-8)11-6-9(12(15)16)4-5-10(11)13/h4-6,8H,2-3,7,13H2,1H3,(H,15,16). The fourth-order valence-corrected chi connectivity index (χ4v) is 1.79. The Kier molecular flexibility index (Phi) is 2.73. The number of carboxylic acid groups (broad SMARTS) is 1. The number of hydrogen-bond donors (Lipinski definition) is 2. The molecule has 1 aliphatic carbocycles. The highest BCUT2D eigenvalue weighted by Gasteiger charge is 2.23. The number of aromatic carboxylic acids is 1. The summed E-state index contributed by atoms with van der Waals surface area (Å²) in [5, 5.41) is 8.92. The topological polar surface area (TPSA) is 66.6 Å². The van der Waals surface area contributed by atoms with Crippen molar-refractivity contribution < 1.29 is 9.90 Å². The molecule has 0 radical (unpaired) electrons. The summed E-state index contributed by atoms with van der Waals surface area (Å²) >= 11 is 0. The second-order valence-electron chi connectivity index (χ2n) is 4.40. The summed E-state index contributed by atoms with van der Waals surface area (Å²) in [5.74, 6) is -0.168. The minimum absolute atomic E-state index is 0.284. The van der Waals surface area contributed by atoms with Crippen LogP contribution < -0.4 is 10.6 Å². The molecule has 0 aromatic heterocycles. The average molecular weight is 220 g/mol. The van der Waals surface area contributed by atoms with Crippen molar-refractivity contribution in [2.75, 3.05) is 24.2 Å². The van der Waals surface area contributed by atoms with Crippen molar-refractivity contribution in [3.63, 3.8) is 0 Å². The van der Waals surface area contributed by atoms with E-state index in [-0.39, 0.29) is 5.56 Å². The number of nitrogen functional groups attached to an aromatic ring is 1. The first-order valence-corrected chi connectivity index (χ1v) is 5.42. The molecule has 2 rings (SSSR count). The number of benzene rings is 1. The summed E-state index contributed by atoms with van der Waals surface area (Å²) < 4.78 is 0. The lowest BCUT2D eigenvalue weighted by Gasteiger charge is -2.21. The van der Waals surface area contributed by atoms with Crippen LogP contribution in [0.2, 0.25) is 0 Å². The van der Waals surface area contributed by atoms with E-state index in [1.807, 2.05) is 11.9 Å². The van der Waals surface area contributed by atoms with E-state index >= 15 is 0 Å². The number of carbonyl (C=O) groups is 1. The van der Waals surface area contributed by atoms with Crippen LogP contribution >= 0.6 is 0 Å². The van der Waals surface area contributed by atoms with Crippen LogP contribution in [0.5, 0.6) is 0 Å². The van der Waals surface area contributed by atoms with Crippen LogP contribution in [0.1, 0.15) is 23.2 Å². The van der Waals surface area contributed by atoms with Gasteiger partial charge in [0, 0.05) is 13.6 Å². The number of hydrogen-bond acceptors (Lipinski definition) is 3. The molecule has 1 aromatic carbocycles. The van der Waals surface area contributed by atoms with Crippen LogP contribution in [0, 0.1) is 5.92 Å². The third-order valence-electron chi connectivity index (χ3n) is 2.92. The molecule has 0 bridgehead atoms. The number of nitrogens with zero attached hydrogens (tertiary/aromatic N) is 1. The molecule has 4 heteroatoms. The highest BCUT2D eigenvalue weighted by molar-refractivity contribution is 5.90. The van der Waals surface area contributed by atoms with Gasteiger partial charge in [-0.25, -0.2) is 4.79 Å². The Morgan fingerprint density at radius 2 is 2.25 bits per heavy atom. The van der Waals surface area contributed by atoms with Gasteiger partial charge in [0.1, 0.15) is 0 Å². The second kappa shape index (κ2) is 4.04. The quantitative estimate of drug-likeness (QED) is 0.759. The normalized spacial score (nSPS) is 14.8. The highest BCUT2D eigenvalue weighted by Crippen LogP contribution is 2.32. The fourth-order valence-electron chi connectivity index (χ4n) is 1.79. The smallest absolute Gasteiger partial charge is 0.335 e. The molecule has 1 aliphatic rings. The van der Waals surface area contributed by atoms with Gasteiger partial charge in [-0.3, -0.25) is 0 Å². The Bertz CT molecular complexity index is 413. The zero-order valence-corrected chi connectivity index (χ0v) is 9.31. The Morgan fingerprint density at radius 1 is 1.56 bits per heavy atom. The number of anilines is 2. The molecule has 4 nitrogen and oxygen atoms in total. The molecule has 16 heavy (non-hydrogen) atoms. The van der Waals surface area contributed by atoms with Gasteiger partial charge < -0.3 is 15.7 Å². The van der Waals surface area contributed by atoms with Gasteiger partial charge in [-0.2, -0.15) is 0 Å². The molecule has 0 atom stereocenters. The maximum absolute atomic E-state index is 10.9. The van der Waals surface area contributed by atoms with E-state index in [1.54, 1.807) is 12.1 Å². The molecule has 1 aromatic rings. The first-order chi connectivity index (χ1) is 7.58. The second-order valence-corrected chi connectivity index (χ2v) is 4.40. The van der Waals surface area contributed by atoms with Gasteiger partial charge in [0.25, 0.3) is 0 Å². The molecular formula is C12H16N2O2. The third-order valence-corrected chi connectivity index (χ3v) is 2.92. The summed E-state index contributed by atoms with van der Waals surface area (Å²) in [6.07, 6.45) is 2.53. The maximum atomic E-state index is 10.9. The molecular weight excluding hydrogens is 204 g/mol. The average Bonchev–Trinajstić information content (AvgIpc) is 3.01. The van der Waals surface area contributed by atoms with E-state index in [2.05, 4.69) is 0 Å². The van der Waals surface area contributed by atoms with Gasteiger partial charge in [0.05, 0.1) is 16.9 Å². The maximum Gasteiger partial charge on any atom is 0.335 e. The molecule has 0 saturated heterocycles. The van der Waals surface area contributed by atoms with Crippen LogP contribution in [0.15, 0.2) is 18.2 Å². The molecule has 1 saturated carbocycles. The summed E-state index contributed by atoms with van der Waals surface area (Å²) in [4.78, 5) is 12.9. The monoisotopic (exact) mass is 220 g/mol. The van der Waals surface area contributed by atoms with Gasteiger partial charge in [-0.15, -0.1) is 0 Å². The molecule has 0 unspecified atom stereocenters. The highest BCUT2D eigenvalue weighted by atomic mass is 16.4. The molecule has 86 valence electrons. The largest absolute Gasteiger partial charge is 0.478 e. The third kappa shape index (κ3) is 2.27. The molecule has 1 fully saturated rings. The van der Waals surface area contributed by atoms with E-state index in [9.17, 15) is 4.79 Å². The first-order valence-electron chi connectivity index (χ1n) is 5.42. The van der Waals surface area contributed by atoms with Gasteiger partial charge in [0.2, 0.25) is 0 Å². The minimum atomic E-state index is -0.916. The van der Waals surface area contributed by atoms with E-state index in [4.69, 9.17) is 10.8 Å². The molecule has 0 heterocycles. The van der Waals surface area contributed by atoms with Crippen molar-refractivity contribution in [2.24, 2.45) is 5.92 Å². The molecule has 3 N–H and O–H groups in total. The van der Waals surface area contributed by atoms with Crippen molar-refractivity contribution in [3.05, 3.63) is 23.8 Å². The van der Waals surface area contributed by atoms with E-state index in [0.717, 1.165) is 18.2 Å². The van der Waals surface area contributed by atoms with Crippen LogP contribution in [-0.2, 0) is 0 Å². The minimum Gasteiger partial charge on any atom is -0.478 e. The Labute approximate surface area is 94.7 Å². The van der Waals surface area contributed by atoms with Gasteiger partial charge >= 0.3 is 5.97 Å². The summed E-state index contributed by atoms with van der Waals surface area (Å²) in [6.45, 7) is 0.952. The summed E-state index contributed by atoms with van der Waals surface area (Å²) in [7, 11) is 1.95. The SMILES string of the molecule is CN(CC1CC1)c1cc(C(=O)O)ccc1N. The Hall–Kier alpha value is -1.71. The number of rotatable bonds is 4. The zero-order chi connectivity index (χ0) is 11.7. The van der Waals surface area contributed by atoms with Crippen molar-refractivity contribution in [1.29, 1.82) is 0 Å². The summed E-state index contributed by atoms with van der Waals surface area (Å²) in [6, 6.07) is 4.83. The predicted octanol–water partition coefficient (Wildman–Crippen LogP) is 1.81. The lowest BCUT2D eigenvalue weighted by atomic mass is 10.1. The summed E-state index contributed by atoms with van der Waals surface area (Å²) in [5.41, 5.74) is 7.58. The Balaban J connectivity index is 2.22. The van der Waals surface area contributed by atoms with E-state index in [1.165, 1.54) is 18.9 Å². The van der Waals surface area contributed by atoms with Crippen LogP contribution in [0.3, 0.4) is 0 Å². The van der Waals surface area contributed by atoms with E-state index in [0.29, 0.717) is 5.69 Å². The van der Waals surface area contributed by atoms with Crippen molar-refractivity contribution >= 4 is 17.3 Å². The van der Waals surface area contributed by atoms with Crippen LogP contribution in [0.4, 0.5) is 11.4 Å². The molecule has 0 spiro atoms. The lowest BCUT2D eigenvalue weighted by molar-refractivity contribution is 0.0697. The predicted molar refractivity (Wildman–Crippen MR) is 63.8 cm³/mol. The zero-order valence-electron chi connectivity index (χ0n) is 9.31. The van der Waals surface area contributed by atoms with Crippen molar-refractivity contribution in [3.8, 4) is 0 Å². The van der Waals surface area contributed by atoms with Gasteiger partial charge in [-0.1, -0.05) is 0 Å². The lowest BCUT2D eigenvalue weighted by Crippen LogP contribution is -2.21. The molecule has 0 amide bonds. The van der Waals surface area contributed by atoms with Gasteiger partial charge in [-0.05, 0) is 37.0 Å². The fraction of sp³-hybridized carbons (Fsp3) is 0.417. The van der Waals surface area contributed by atoms with Crippen molar-refractivity contribution in [1.82, 2.24) is 0 Å².